The van der Waals surface area contributed by atoms with E-state index in [0.717, 1.165) is 68.0 Å². The third-order valence-corrected chi connectivity index (χ3v) is 19.4. The summed E-state index contributed by atoms with van der Waals surface area (Å²) in [6.45, 7) is 4.29. The van der Waals surface area contributed by atoms with Gasteiger partial charge in [0, 0.05) is 89.4 Å². The van der Waals surface area contributed by atoms with E-state index in [1.165, 1.54) is 90.1 Å². The fraction of sp³-hybridized carbons (Fsp3) is 0.194. The van der Waals surface area contributed by atoms with Gasteiger partial charge in [0.25, 0.3) is 0 Å². The predicted molar refractivity (Wildman–Crippen MR) is 347 cm³/mol. The largest absolute Gasteiger partial charge is 0.361 e. The number of nitrogens with one attached hydrogen (secondary N) is 3. The van der Waals surface area contributed by atoms with Gasteiger partial charge in [-0.25, -0.2) is 17.3 Å². The van der Waals surface area contributed by atoms with E-state index >= 15 is 0 Å². The van der Waals surface area contributed by atoms with E-state index in [2.05, 4.69) is 228 Å². The van der Waals surface area contributed by atoms with Gasteiger partial charge in [-0.15, -0.1) is 0 Å². The third-order valence-electron chi connectivity index (χ3n) is 15.9. The molecule has 6 nitrogen and oxygen atoms in total. The lowest BCUT2D eigenvalue weighted by atomic mass is 9.84. The number of hydrogen-bond donors (Lipinski definition) is 3. The zero-order valence-corrected chi connectivity index (χ0v) is 48.6. The van der Waals surface area contributed by atoms with Gasteiger partial charge in [-0.2, -0.15) is 0 Å². The molecule has 0 bridgehead atoms. The number of rotatable bonds is 11. The Morgan fingerprint density at radius 1 is 0.427 bits per heavy atom. The molecule has 412 valence electrons. The molecule has 3 aliphatic heterocycles. The van der Waals surface area contributed by atoms with Crippen molar-refractivity contribution in [3.8, 4) is 0 Å². The first-order valence-corrected chi connectivity index (χ1v) is 31.6. The van der Waals surface area contributed by atoms with Crippen LogP contribution in [0, 0.1) is 5.82 Å². The summed E-state index contributed by atoms with van der Waals surface area (Å²) < 4.78 is 21.6. The van der Waals surface area contributed by atoms with Gasteiger partial charge in [0.15, 0.2) is 0 Å². The van der Waals surface area contributed by atoms with E-state index in [1.807, 2.05) is 54.4 Å². The number of piperidine rings is 1. The van der Waals surface area contributed by atoms with Gasteiger partial charge >= 0.3 is 0 Å². The Labute approximate surface area is 495 Å². The van der Waals surface area contributed by atoms with Crippen LogP contribution < -0.4 is 0 Å². The van der Waals surface area contributed by atoms with Crippen LogP contribution in [0.25, 0.3) is 32.7 Å². The number of aromatic amines is 3. The maximum atomic E-state index is 14.1. The Balaban J connectivity index is 0.000000115. The lowest BCUT2D eigenvalue weighted by Gasteiger charge is -2.39. The molecule has 0 saturated carbocycles. The molecule has 82 heavy (non-hydrogen) atoms. The number of allylic oxidation sites excluding steroid dienone is 2. The van der Waals surface area contributed by atoms with E-state index in [9.17, 15) is 4.39 Å². The first-order chi connectivity index (χ1) is 40.6. The Morgan fingerprint density at radius 2 is 0.976 bits per heavy atom. The maximum absolute atomic E-state index is 14.1. The molecule has 15 rings (SSSR count). The molecular weight excluding hydrogens is 1060 g/mol. The lowest BCUT2D eigenvalue weighted by molar-refractivity contribution is 0.377. The summed E-state index contributed by atoms with van der Waals surface area (Å²) in [4.78, 5) is 10.0. The van der Waals surface area contributed by atoms with Gasteiger partial charge in [0.05, 0.1) is 12.1 Å². The van der Waals surface area contributed by atoms with Gasteiger partial charge in [-0.1, -0.05) is 230 Å². The smallest absolute Gasteiger partial charge is 0.127 e. The van der Waals surface area contributed by atoms with Crippen LogP contribution in [0.3, 0.4) is 0 Å². The first kappa shape index (κ1) is 55.3. The van der Waals surface area contributed by atoms with Gasteiger partial charge in [-0.05, 0) is 129 Å². The van der Waals surface area contributed by atoms with Crippen LogP contribution in [0.1, 0.15) is 81.4 Å². The number of hydrogen-bond acceptors (Lipinski definition) is 6. The topological polar surface area (TPSA) is 57.1 Å². The summed E-state index contributed by atoms with van der Waals surface area (Å²) in [6.07, 6.45) is 17.0. The van der Waals surface area contributed by atoms with E-state index in [1.54, 1.807) is 29.7 Å². The minimum atomic E-state index is -0.129. The number of nitrogens with zero attached hydrogens (tertiary/aromatic N) is 3. The predicted octanol–water partition coefficient (Wildman–Crippen LogP) is 18.6. The molecule has 11 aromatic rings. The number of aromatic nitrogens is 3. The van der Waals surface area contributed by atoms with Crippen molar-refractivity contribution in [3.05, 3.63) is 310 Å². The normalized spacial score (nSPS) is 16.9. The van der Waals surface area contributed by atoms with Crippen molar-refractivity contribution < 1.29 is 4.39 Å². The molecule has 1 saturated heterocycles. The van der Waals surface area contributed by atoms with Crippen molar-refractivity contribution in [2.45, 2.75) is 68.0 Å². The molecule has 6 heterocycles. The van der Waals surface area contributed by atoms with E-state index < -0.39 is 0 Å². The molecule has 1 fully saturated rings. The number of para-hydroxylation sites is 3. The van der Waals surface area contributed by atoms with Crippen molar-refractivity contribution in [1.29, 1.82) is 0 Å². The van der Waals surface area contributed by atoms with E-state index in [4.69, 9.17) is 0 Å². The molecule has 4 aliphatic rings. The Hall–Kier alpha value is -7.28. The standard InChI is InChI=1S/C24H21FN2S.C24H24N2S.C16H17NS.C8H7N/c25-22-11-5-2-8-18(22)16-28-27-14-13-17-7-1-3-9-19(17)24(27)21-15-26-23-12-6-4-10-20(21)23;1-2-8-18(9-3-1)17-27-26-15-14-19-10-4-5-11-20(19)24(26)22-16-25-23-13-7-6-12-21(22)23;1-2-6-14(7-3-1)13-18-17-11-10-15-8-4-5-9-16(15)12-17;1-2-4-8-7(3-1)5-6-9-8/h1-12,15,24,26H,13-14,16H2;1-3,6-13,16,24-25H,4-5,14-15,17H2;1-9H,10-13H2;1-6,9H. The quantitative estimate of drug-likeness (QED) is 0.112. The first-order valence-electron chi connectivity index (χ1n) is 28.8. The highest BCUT2D eigenvalue weighted by atomic mass is 32.2. The molecule has 10 heteroatoms. The summed E-state index contributed by atoms with van der Waals surface area (Å²) in [5.74, 6) is 2.60. The number of benzene rings is 8. The van der Waals surface area contributed by atoms with Gasteiger partial charge in [-0.3, -0.25) is 0 Å². The maximum Gasteiger partial charge on any atom is 0.127 e. The fourth-order valence-corrected chi connectivity index (χ4v) is 14.9. The average molecular weight is 1130 g/mol. The molecule has 2 atom stereocenters. The number of halogens is 1. The van der Waals surface area contributed by atoms with E-state index in [-0.39, 0.29) is 11.9 Å². The summed E-state index contributed by atoms with van der Waals surface area (Å²) in [7, 11) is 0. The van der Waals surface area contributed by atoms with Gasteiger partial charge in [0.2, 0.25) is 0 Å². The third kappa shape index (κ3) is 13.3. The van der Waals surface area contributed by atoms with Crippen LogP contribution in [0.5, 0.6) is 0 Å². The molecular formula is C72H69FN6S3. The highest BCUT2D eigenvalue weighted by Gasteiger charge is 2.34. The van der Waals surface area contributed by atoms with Crippen LogP contribution in [0.4, 0.5) is 4.39 Å². The molecule has 1 aliphatic carbocycles. The van der Waals surface area contributed by atoms with Crippen LogP contribution >= 0.6 is 35.8 Å². The number of H-pyrrole nitrogens is 3. The highest BCUT2D eigenvalue weighted by Crippen LogP contribution is 2.47. The summed E-state index contributed by atoms with van der Waals surface area (Å²) in [5.41, 5.74) is 18.7. The van der Waals surface area contributed by atoms with Crippen molar-refractivity contribution in [1.82, 2.24) is 27.9 Å². The second-order valence-corrected chi connectivity index (χ2v) is 24.3. The molecule has 3 aromatic heterocycles. The molecule has 8 aromatic carbocycles. The van der Waals surface area contributed by atoms with Crippen molar-refractivity contribution in [2.75, 3.05) is 19.6 Å². The van der Waals surface area contributed by atoms with Crippen LogP contribution in [0.2, 0.25) is 0 Å². The van der Waals surface area contributed by atoms with Crippen molar-refractivity contribution in [3.63, 3.8) is 0 Å². The van der Waals surface area contributed by atoms with Crippen molar-refractivity contribution in [2.24, 2.45) is 0 Å². The van der Waals surface area contributed by atoms with Crippen LogP contribution in [-0.2, 0) is 36.6 Å². The lowest BCUT2D eigenvalue weighted by Crippen LogP contribution is -2.31. The second kappa shape index (κ2) is 27.2. The average Bonchev–Trinajstić information content (AvgIpc) is 4.02. The number of fused-ring (bicyclic) bond motifs is 6. The molecule has 0 radical (unpaired) electrons. The van der Waals surface area contributed by atoms with Gasteiger partial charge in [0.1, 0.15) is 5.82 Å². The van der Waals surface area contributed by atoms with Crippen molar-refractivity contribution >= 4 is 68.6 Å². The Morgan fingerprint density at radius 3 is 1.71 bits per heavy atom. The summed E-state index contributed by atoms with van der Waals surface area (Å²) >= 11 is 5.64. The SMILES string of the molecule is C1=C2CCN(SCc3ccccc3)C(c3c[nH]c4ccccc34)C2=CCC1.Fc1ccccc1CSN1CCc2ccccc2C1c1c[nH]c2ccccc12.c1ccc(CSN2CCc3ccccc3C2)cc1.c1ccc2[nH]ccc2c1. The molecule has 2 unspecified atom stereocenters. The zero-order chi connectivity index (χ0) is 55.3. The molecule has 0 amide bonds. The van der Waals surface area contributed by atoms with Crippen LogP contribution in [0.15, 0.2) is 254 Å². The minimum absolute atomic E-state index is 0.129. The van der Waals surface area contributed by atoms with E-state index in [0.29, 0.717) is 11.8 Å². The Bertz CT molecular complexity index is 3870. The molecule has 3 N–H and O–H groups in total. The zero-order valence-electron chi connectivity index (χ0n) is 46.2. The second-order valence-electron chi connectivity index (χ2n) is 21.2. The fourth-order valence-electron chi connectivity index (χ4n) is 11.7. The summed E-state index contributed by atoms with van der Waals surface area (Å²) in [6, 6.07) is 74.0. The van der Waals surface area contributed by atoms with Gasteiger partial charge < -0.3 is 15.0 Å². The monoisotopic (exact) mass is 1130 g/mol. The highest BCUT2D eigenvalue weighted by molar-refractivity contribution is 7.96. The summed E-state index contributed by atoms with van der Waals surface area (Å²) in [5, 5.41) is 3.87. The van der Waals surface area contributed by atoms with Crippen LogP contribution in [-0.4, -0.2) is 47.5 Å². The minimum Gasteiger partial charge on any atom is -0.361 e. The Kier molecular flexibility index (Phi) is 18.3. The molecule has 0 spiro atoms.